The molecule has 2 unspecified atom stereocenters. The van der Waals surface area contributed by atoms with E-state index < -0.39 is 0 Å². The molecule has 1 fully saturated rings. The molecule has 2 atom stereocenters. The number of amides is 2. The van der Waals surface area contributed by atoms with Crippen LogP contribution in [0.3, 0.4) is 0 Å². The summed E-state index contributed by atoms with van der Waals surface area (Å²) < 4.78 is 0. The van der Waals surface area contributed by atoms with Crippen LogP contribution in [-0.2, 0) is 9.59 Å². The van der Waals surface area contributed by atoms with Gasteiger partial charge in [0.1, 0.15) is 5.75 Å². The third-order valence-corrected chi connectivity index (χ3v) is 3.49. The van der Waals surface area contributed by atoms with Crippen molar-refractivity contribution >= 4 is 17.5 Å². The van der Waals surface area contributed by atoms with Gasteiger partial charge in [0.2, 0.25) is 11.8 Å². The predicted octanol–water partition coefficient (Wildman–Crippen LogP) is 1.85. The van der Waals surface area contributed by atoms with E-state index in [4.69, 9.17) is 0 Å². The number of carbonyl (C=O) groups excluding carboxylic acids is 2. The molecular formula is C13H15NO3. The van der Waals surface area contributed by atoms with Crippen molar-refractivity contribution in [3.05, 3.63) is 23.8 Å². The first-order valence-corrected chi connectivity index (χ1v) is 5.61. The van der Waals surface area contributed by atoms with E-state index in [9.17, 15) is 14.7 Å². The summed E-state index contributed by atoms with van der Waals surface area (Å²) in [7, 11) is 0. The lowest BCUT2D eigenvalue weighted by atomic mass is 10.00. The summed E-state index contributed by atoms with van der Waals surface area (Å²) in [6.45, 7) is 5.20. The average molecular weight is 233 g/mol. The Kier molecular flexibility index (Phi) is 2.65. The Bertz CT molecular complexity index is 475. The number of phenols is 1. The summed E-state index contributed by atoms with van der Waals surface area (Å²) >= 11 is 0. The van der Waals surface area contributed by atoms with Crippen LogP contribution in [0.15, 0.2) is 18.2 Å². The van der Waals surface area contributed by atoms with E-state index in [1.165, 1.54) is 11.0 Å². The third kappa shape index (κ3) is 1.60. The van der Waals surface area contributed by atoms with Crippen LogP contribution in [-0.4, -0.2) is 16.9 Å². The van der Waals surface area contributed by atoms with Crippen molar-refractivity contribution in [2.45, 2.75) is 20.8 Å². The van der Waals surface area contributed by atoms with Crippen molar-refractivity contribution in [1.82, 2.24) is 0 Å². The molecule has 0 aliphatic carbocycles. The lowest BCUT2D eigenvalue weighted by molar-refractivity contribution is -0.122. The summed E-state index contributed by atoms with van der Waals surface area (Å²) in [5.74, 6) is -0.906. The van der Waals surface area contributed by atoms with Crippen molar-refractivity contribution in [3.63, 3.8) is 0 Å². The highest BCUT2D eigenvalue weighted by Crippen LogP contribution is 2.34. The highest BCUT2D eigenvalue weighted by molar-refractivity contribution is 6.22. The lowest BCUT2D eigenvalue weighted by Gasteiger charge is -2.17. The topological polar surface area (TPSA) is 57.6 Å². The van der Waals surface area contributed by atoms with Crippen molar-refractivity contribution in [2.24, 2.45) is 11.8 Å². The average Bonchev–Trinajstić information content (AvgIpc) is 2.49. The Labute approximate surface area is 99.9 Å². The molecule has 1 N–H and O–H groups in total. The van der Waals surface area contributed by atoms with Gasteiger partial charge < -0.3 is 5.11 Å². The molecule has 0 bridgehead atoms. The maximum Gasteiger partial charge on any atom is 0.237 e. The summed E-state index contributed by atoms with van der Waals surface area (Å²) in [6, 6.07) is 4.85. The molecule has 0 saturated carbocycles. The number of nitrogens with zero attached hydrogens (tertiary/aromatic N) is 1. The van der Waals surface area contributed by atoms with Gasteiger partial charge in [0.05, 0.1) is 5.69 Å². The summed E-state index contributed by atoms with van der Waals surface area (Å²) in [5, 5.41) is 9.62. The van der Waals surface area contributed by atoms with Crippen LogP contribution >= 0.6 is 0 Å². The van der Waals surface area contributed by atoms with Gasteiger partial charge >= 0.3 is 0 Å². The zero-order valence-electron chi connectivity index (χ0n) is 10.1. The third-order valence-electron chi connectivity index (χ3n) is 3.49. The first-order valence-electron chi connectivity index (χ1n) is 5.61. The molecule has 0 radical (unpaired) electrons. The number of hydrogen-bond acceptors (Lipinski definition) is 3. The van der Waals surface area contributed by atoms with Gasteiger partial charge in [-0.3, -0.25) is 9.59 Å². The van der Waals surface area contributed by atoms with Crippen LogP contribution < -0.4 is 4.90 Å². The smallest absolute Gasteiger partial charge is 0.237 e. The maximum atomic E-state index is 12.0. The van der Waals surface area contributed by atoms with Crippen LogP contribution in [0.5, 0.6) is 5.75 Å². The minimum absolute atomic E-state index is 0.0929. The molecule has 0 spiro atoms. The van der Waals surface area contributed by atoms with E-state index in [1.807, 2.05) is 0 Å². The highest BCUT2D eigenvalue weighted by Gasteiger charge is 2.43. The second kappa shape index (κ2) is 3.87. The number of aromatic hydroxyl groups is 1. The maximum absolute atomic E-state index is 12.0. The molecule has 0 aromatic heterocycles. The van der Waals surface area contributed by atoms with E-state index in [-0.39, 0.29) is 29.4 Å². The second-order valence-corrected chi connectivity index (χ2v) is 4.51. The van der Waals surface area contributed by atoms with E-state index >= 15 is 0 Å². The van der Waals surface area contributed by atoms with Gasteiger partial charge in [0.25, 0.3) is 0 Å². The molecule has 17 heavy (non-hydrogen) atoms. The van der Waals surface area contributed by atoms with Crippen molar-refractivity contribution in [1.29, 1.82) is 0 Å². The number of hydrogen-bond donors (Lipinski definition) is 1. The molecule has 4 nitrogen and oxygen atoms in total. The van der Waals surface area contributed by atoms with E-state index in [2.05, 4.69) is 0 Å². The SMILES string of the molecule is Cc1c(O)cccc1N1C(=O)C(C)C(C)C1=O. The number of carbonyl (C=O) groups is 2. The first-order chi connectivity index (χ1) is 7.95. The normalized spacial score (nSPS) is 24.5. The van der Waals surface area contributed by atoms with Gasteiger partial charge in [-0.25, -0.2) is 4.90 Å². The standard InChI is InChI=1S/C13H15NO3/c1-7-8(2)13(17)14(12(7)16)10-5-4-6-11(15)9(10)3/h4-8,15H,1-3H3. The Morgan fingerprint density at radius 3 is 2.18 bits per heavy atom. The molecular weight excluding hydrogens is 218 g/mol. The van der Waals surface area contributed by atoms with Gasteiger partial charge in [-0.05, 0) is 19.1 Å². The van der Waals surface area contributed by atoms with Crippen LogP contribution in [0.2, 0.25) is 0 Å². The molecule has 2 rings (SSSR count). The quantitative estimate of drug-likeness (QED) is 0.753. The molecule has 4 heteroatoms. The molecule has 1 aliphatic rings. The van der Waals surface area contributed by atoms with Gasteiger partial charge in [-0.15, -0.1) is 0 Å². The monoisotopic (exact) mass is 233 g/mol. The summed E-state index contributed by atoms with van der Waals surface area (Å²) in [6.07, 6.45) is 0. The number of anilines is 1. The van der Waals surface area contributed by atoms with Gasteiger partial charge in [0, 0.05) is 17.4 Å². The van der Waals surface area contributed by atoms with Crippen molar-refractivity contribution in [2.75, 3.05) is 4.90 Å². The van der Waals surface area contributed by atoms with Crippen molar-refractivity contribution < 1.29 is 14.7 Å². The van der Waals surface area contributed by atoms with E-state index in [0.29, 0.717) is 11.3 Å². The van der Waals surface area contributed by atoms with Crippen LogP contribution in [0.1, 0.15) is 19.4 Å². The van der Waals surface area contributed by atoms with Crippen LogP contribution in [0.4, 0.5) is 5.69 Å². The number of rotatable bonds is 1. The van der Waals surface area contributed by atoms with Gasteiger partial charge in [-0.2, -0.15) is 0 Å². The van der Waals surface area contributed by atoms with Gasteiger partial charge in [-0.1, -0.05) is 19.9 Å². The molecule has 1 aromatic carbocycles. The Balaban J connectivity index is 2.51. The second-order valence-electron chi connectivity index (χ2n) is 4.51. The Hall–Kier alpha value is -1.84. The number of imide groups is 1. The highest BCUT2D eigenvalue weighted by atomic mass is 16.3. The molecule has 1 saturated heterocycles. The van der Waals surface area contributed by atoms with E-state index in [1.54, 1.807) is 32.9 Å². The molecule has 90 valence electrons. The zero-order valence-corrected chi connectivity index (χ0v) is 10.1. The zero-order chi connectivity index (χ0) is 12.7. The fraction of sp³-hybridized carbons (Fsp3) is 0.385. The molecule has 1 heterocycles. The van der Waals surface area contributed by atoms with Crippen molar-refractivity contribution in [3.8, 4) is 5.75 Å². The molecule has 2 amide bonds. The number of phenolic OH excluding ortho intramolecular Hbond substituents is 1. The first kappa shape index (κ1) is 11.6. The van der Waals surface area contributed by atoms with E-state index in [0.717, 1.165) is 0 Å². The Morgan fingerprint density at radius 1 is 1.12 bits per heavy atom. The number of benzene rings is 1. The fourth-order valence-corrected chi connectivity index (χ4v) is 2.03. The molecule has 1 aromatic rings. The fourth-order valence-electron chi connectivity index (χ4n) is 2.03. The Morgan fingerprint density at radius 2 is 1.65 bits per heavy atom. The molecule has 1 aliphatic heterocycles. The minimum Gasteiger partial charge on any atom is -0.508 e. The lowest BCUT2D eigenvalue weighted by Crippen LogP contribution is -2.31. The van der Waals surface area contributed by atoms with Gasteiger partial charge in [0.15, 0.2) is 0 Å². The summed E-state index contributed by atoms with van der Waals surface area (Å²) in [5.41, 5.74) is 1.03. The van der Waals surface area contributed by atoms with Crippen LogP contribution in [0.25, 0.3) is 0 Å². The minimum atomic E-state index is -0.302. The summed E-state index contributed by atoms with van der Waals surface area (Å²) in [4.78, 5) is 25.2. The van der Waals surface area contributed by atoms with Crippen LogP contribution in [0, 0.1) is 18.8 Å². The predicted molar refractivity (Wildman–Crippen MR) is 63.7 cm³/mol. The largest absolute Gasteiger partial charge is 0.508 e.